The van der Waals surface area contributed by atoms with Crippen LogP contribution in [0, 0.1) is 0 Å². The summed E-state index contributed by atoms with van der Waals surface area (Å²) >= 11 is 0. The Bertz CT molecular complexity index is 703. The highest BCUT2D eigenvalue weighted by Gasteiger charge is 2.24. The second kappa shape index (κ2) is 6.36. The predicted molar refractivity (Wildman–Crippen MR) is 79.0 cm³/mol. The van der Waals surface area contributed by atoms with Crippen molar-refractivity contribution in [3.8, 4) is 5.75 Å². The molecule has 0 spiro atoms. The molecule has 118 valence electrons. The molecule has 0 saturated carbocycles. The molecule has 7 nitrogen and oxygen atoms in total. The molecule has 0 bridgehead atoms. The lowest BCUT2D eigenvalue weighted by molar-refractivity contribution is -0.114. The number of aromatic hydroxyl groups is 1. The van der Waals surface area contributed by atoms with E-state index >= 15 is 0 Å². The maximum Gasteiger partial charge on any atom is 0.427 e. The molecule has 1 aliphatic rings. The quantitative estimate of drug-likeness (QED) is 0.521. The molecule has 8 heteroatoms. The van der Waals surface area contributed by atoms with Crippen molar-refractivity contribution in [2.24, 2.45) is 0 Å². The number of aliphatic hydroxyl groups is 1. The highest BCUT2D eigenvalue weighted by Crippen LogP contribution is 2.35. The van der Waals surface area contributed by atoms with E-state index < -0.39 is 13.5 Å². The van der Waals surface area contributed by atoms with Crippen LogP contribution in [0.2, 0.25) is 0 Å². The molecule has 0 amide bonds. The van der Waals surface area contributed by atoms with Crippen LogP contribution in [0.15, 0.2) is 47.4 Å². The lowest BCUT2D eigenvalue weighted by Crippen LogP contribution is -2.19. The number of carbonyl (C=O) groups excluding carboxylic acids is 1. The Morgan fingerprint density at radius 3 is 2.55 bits per heavy atom. The second-order valence-corrected chi connectivity index (χ2v) is 6.27. The molecule has 0 saturated heterocycles. The molecule has 1 aromatic rings. The molecule has 0 aliphatic heterocycles. The van der Waals surface area contributed by atoms with Crippen molar-refractivity contribution in [2.45, 2.75) is 19.3 Å². The number of aryl methyl sites for hydroxylation is 1. The van der Waals surface area contributed by atoms with Gasteiger partial charge in [0.05, 0.1) is 6.42 Å². The van der Waals surface area contributed by atoms with Crippen molar-refractivity contribution >= 4 is 13.5 Å². The fourth-order valence-corrected chi connectivity index (χ4v) is 2.83. The van der Waals surface area contributed by atoms with Crippen molar-refractivity contribution in [1.29, 1.82) is 0 Å². The van der Waals surface area contributed by atoms with Crippen molar-refractivity contribution in [1.82, 2.24) is 5.09 Å². The summed E-state index contributed by atoms with van der Waals surface area (Å²) in [5.41, 5.74) is 1.11. The van der Waals surface area contributed by atoms with Crippen LogP contribution in [0.4, 0.5) is 0 Å². The average molecular weight is 325 g/mol. The van der Waals surface area contributed by atoms with Gasteiger partial charge in [0, 0.05) is 17.3 Å². The number of hydrogen-bond donors (Lipinski definition) is 5. The number of aliphatic hydroxyl groups excluding tert-OH is 1. The summed E-state index contributed by atoms with van der Waals surface area (Å²) in [5.74, 6) is -0.624. The number of phenolic OH excluding ortho intramolecular Hbond substituents is 1. The van der Waals surface area contributed by atoms with Gasteiger partial charge in [-0.1, -0.05) is 12.1 Å². The summed E-state index contributed by atoms with van der Waals surface area (Å²) in [6, 6.07) is 6.55. The lowest BCUT2D eigenvalue weighted by atomic mass is 9.95. The van der Waals surface area contributed by atoms with Gasteiger partial charge in [-0.2, -0.15) is 0 Å². The van der Waals surface area contributed by atoms with Gasteiger partial charge in [-0.3, -0.25) is 9.88 Å². The number of phenols is 1. The van der Waals surface area contributed by atoms with E-state index in [9.17, 15) is 19.6 Å². The zero-order chi connectivity index (χ0) is 16.3. The predicted octanol–water partition coefficient (Wildman–Crippen LogP) is 1.68. The molecule has 0 aromatic heterocycles. The van der Waals surface area contributed by atoms with Crippen LogP contribution in [-0.4, -0.2) is 25.8 Å². The molecule has 1 aromatic carbocycles. The summed E-state index contributed by atoms with van der Waals surface area (Å²) < 4.78 is 11.1. The van der Waals surface area contributed by atoms with E-state index in [-0.39, 0.29) is 35.6 Å². The summed E-state index contributed by atoms with van der Waals surface area (Å²) in [7, 11) is -4.57. The van der Waals surface area contributed by atoms with E-state index in [1.165, 1.54) is 6.07 Å². The van der Waals surface area contributed by atoms with E-state index in [4.69, 9.17) is 9.79 Å². The van der Waals surface area contributed by atoms with Gasteiger partial charge < -0.3 is 20.0 Å². The number of rotatable bonds is 5. The molecule has 0 atom stereocenters. The minimum Gasteiger partial charge on any atom is -0.508 e. The molecular formula is C14H16NO6P. The van der Waals surface area contributed by atoms with E-state index in [0.29, 0.717) is 6.42 Å². The first-order valence-corrected chi connectivity index (χ1v) is 8.13. The monoisotopic (exact) mass is 325 g/mol. The van der Waals surface area contributed by atoms with Gasteiger partial charge in [0.25, 0.3) is 0 Å². The lowest BCUT2D eigenvalue weighted by Gasteiger charge is -2.20. The minimum atomic E-state index is -4.57. The Balaban J connectivity index is 2.23. The van der Waals surface area contributed by atoms with Crippen LogP contribution >= 0.6 is 7.75 Å². The Morgan fingerprint density at radius 1 is 1.18 bits per heavy atom. The number of carbonyl (C=O) groups is 1. The van der Waals surface area contributed by atoms with E-state index in [0.717, 1.165) is 11.6 Å². The van der Waals surface area contributed by atoms with Crippen molar-refractivity contribution < 1.29 is 29.4 Å². The van der Waals surface area contributed by atoms with Crippen LogP contribution < -0.4 is 5.09 Å². The zero-order valence-electron chi connectivity index (χ0n) is 11.6. The number of benzene rings is 1. The number of ketones is 1. The first-order valence-electron chi connectivity index (χ1n) is 6.52. The standard InChI is InChI=1S/C14H16NO6P/c16-10-3-1-2-9(6-10)4-5-12-13(15-22(19,20)21)7-11(17)8-14(12)18/h1-3,6,8,16,18H,4-5,7H2,(H3,15,19,20,21). The normalized spacial score (nSPS) is 15.7. The Morgan fingerprint density at radius 2 is 1.91 bits per heavy atom. The number of nitrogens with one attached hydrogen (secondary N) is 1. The summed E-state index contributed by atoms with van der Waals surface area (Å²) in [5, 5.41) is 21.3. The van der Waals surface area contributed by atoms with Crippen LogP contribution in [0.5, 0.6) is 5.75 Å². The molecular weight excluding hydrogens is 309 g/mol. The van der Waals surface area contributed by atoms with E-state index in [2.05, 4.69) is 0 Å². The highest BCUT2D eigenvalue weighted by atomic mass is 31.2. The van der Waals surface area contributed by atoms with Crippen molar-refractivity contribution in [2.75, 3.05) is 0 Å². The molecule has 0 unspecified atom stereocenters. The van der Waals surface area contributed by atoms with Gasteiger partial charge in [-0.25, -0.2) is 4.57 Å². The van der Waals surface area contributed by atoms with E-state index in [1.54, 1.807) is 18.2 Å². The topological polar surface area (TPSA) is 127 Å². The SMILES string of the molecule is O=C1C=C(O)C(CCc2cccc(O)c2)=C(NP(=O)(O)O)C1. The van der Waals surface area contributed by atoms with E-state index in [1.807, 2.05) is 5.09 Å². The Kier molecular flexibility index (Phi) is 4.71. The van der Waals surface area contributed by atoms with Gasteiger partial charge in [0.1, 0.15) is 11.5 Å². The molecule has 0 fully saturated rings. The molecule has 2 rings (SSSR count). The molecule has 22 heavy (non-hydrogen) atoms. The maximum atomic E-state index is 11.4. The third-order valence-electron chi connectivity index (χ3n) is 3.18. The van der Waals surface area contributed by atoms with Gasteiger partial charge >= 0.3 is 7.75 Å². The fraction of sp³-hybridized carbons (Fsp3) is 0.214. The second-order valence-electron chi connectivity index (χ2n) is 4.96. The van der Waals surface area contributed by atoms with Crippen LogP contribution in [0.25, 0.3) is 0 Å². The third kappa shape index (κ3) is 4.46. The summed E-state index contributed by atoms with van der Waals surface area (Å²) in [6.07, 6.45) is 1.54. The van der Waals surface area contributed by atoms with Crippen LogP contribution in [-0.2, 0) is 15.8 Å². The van der Waals surface area contributed by atoms with Gasteiger partial charge in [-0.05, 0) is 30.5 Å². The maximum absolute atomic E-state index is 11.4. The summed E-state index contributed by atoms with van der Waals surface area (Å²) in [6.45, 7) is 0. The molecule has 5 N–H and O–H groups in total. The fourth-order valence-electron chi connectivity index (χ4n) is 2.27. The number of hydrogen-bond acceptors (Lipinski definition) is 4. The first kappa shape index (κ1) is 16.3. The molecule has 1 aliphatic carbocycles. The van der Waals surface area contributed by atoms with Gasteiger partial charge in [0.15, 0.2) is 5.78 Å². The van der Waals surface area contributed by atoms with Gasteiger partial charge in [-0.15, -0.1) is 0 Å². The minimum absolute atomic E-state index is 0.0264. The zero-order valence-corrected chi connectivity index (χ0v) is 12.5. The molecule has 0 radical (unpaired) electrons. The third-order valence-corrected chi connectivity index (χ3v) is 3.74. The van der Waals surface area contributed by atoms with Crippen LogP contribution in [0.3, 0.4) is 0 Å². The number of allylic oxidation sites excluding steroid dienone is 3. The highest BCUT2D eigenvalue weighted by molar-refractivity contribution is 7.49. The largest absolute Gasteiger partial charge is 0.508 e. The van der Waals surface area contributed by atoms with Gasteiger partial charge in [0.2, 0.25) is 0 Å². The average Bonchev–Trinajstić information content (AvgIpc) is 2.35. The van der Waals surface area contributed by atoms with Crippen LogP contribution in [0.1, 0.15) is 18.4 Å². The Hall–Kier alpha value is -2.08. The van der Waals surface area contributed by atoms with Crippen molar-refractivity contribution in [3.05, 3.63) is 52.9 Å². The first-order chi connectivity index (χ1) is 10.2. The molecule has 0 heterocycles. The van der Waals surface area contributed by atoms with Crippen molar-refractivity contribution in [3.63, 3.8) is 0 Å². The summed E-state index contributed by atoms with van der Waals surface area (Å²) in [4.78, 5) is 29.4. The smallest absolute Gasteiger partial charge is 0.427 e. The Labute approximate surface area is 126 Å².